The monoisotopic (exact) mass is 385 g/mol. The Balaban J connectivity index is 1.87. The van der Waals surface area contributed by atoms with E-state index in [0.29, 0.717) is 18.7 Å². The van der Waals surface area contributed by atoms with Gasteiger partial charge < -0.3 is 10.5 Å². The zero-order valence-electron chi connectivity index (χ0n) is 12.2. The summed E-state index contributed by atoms with van der Waals surface area (Å²) in [5, 5.41) is 4.23. The third-order valence-electron chi connectivity index (χ3n) is 3.43. The Morgan fingerprint density at radius 2 is 2.00 bits per heavy atom. The van der Waals surface area contributed by atoms with Gasteiger partial charge in [-0.05, 0) is 23.7 Å². The fourth-order valence-electron chi connectivity index (χ4n) is 2.24. The maximum absolute atomic E-state index is 12.3. The number of anilines is 1. The van der Waals surface area contributed by atoms with E-state index in [1.54, 1.807) is 0 Å². The van der Waals surface area contributed by atoms with Gasteiger partial charge in [0.15, 0.2) is 0 Å². The number of nitrogen functional groups attached to an aromatic ring is 1. The maximum Gasteiger partial charge on any atom is 0.337 e. The van der Waals surface area contributed by atoms with Crippen molar-refractivity contribution in [2.45, 2.75) is 6.42 Å². The van der Waals surface area contributed by atoms with E-state index in [1.807, 2.05) is 24.3 Å². The van der Waals surface area contributed by atoms with Gasteiger partial charge in [-0.2, -0.15) is 10.1 Å². The van der Waals surface area contributed by atoms with Crippen molar-refractivity contribution in [1.82, 2.24) is 5.43 Å². The SMILES string of the molecule is Nc1c(Cl)c(Cl)[nH+]c(C(=O)N/N=C2\CCOc3ccccc32)c1Cl. The summed E-state index contributed by atoms with van der Waals surface area (Å²) in [6.45, 7) is 0.484. The van der Waals surface area contributed by atoms with Gasteiger partial charge in [-0.3, -0.25) is 4.79 Å². The Morgan fingerprint density at radius 3 is 2.79 bits per heavy atom. The molecule has 0 fully saturated rings. The highest BCUT2D eigenvalue weighted by Crippen LogP contribution is 2.32. The summed E-state index contributed by atoms with van der Waals surface area (Å²) in [6, 6.07) is 7.45. The third-order valence-corrected chi connectivity index (χ3v) is 4.60. The topological polar surface area (TPSA) is 90.8 Å². The molecule has 0 spiro atoms. The number of para-hydroxylation sites is 1. The number of ether oxygens (including phenoxy) is 1. The van der Waals surface area contributed by atoms with E-state index in [0.717, 1.165) is 11.3 Å². The van der Waals surface area contributed by atoms with Crippen LogP contribution in [0, 0.1) is 0 Å². The molecule has 1 amide bonds. The number of aromatic amines is 1. The Hall–Kier alpha value is -2.02. The Morgan fingerprint density at radius 1 is 1.25 bits per heavy atom. The lowest BCUT2D eigenvalue weighted by molar-refractivity contribution is -0.379. The summed E-state index contributed by atoms with van der Waals surface area (Å²) < 4.78 is 5.54. The molecular weight excluding hydrogens is 375 g/mol. The molecular formula is C15H12Cl3N4O2+. The number of rotatable bonds is 2. The first kappa shape index (κ1) is 16.8. The molecule has 24 heavy (non-hydrogen) atoms. The number of halogens is 3. The van der Waals surface area contributed by atoms with Crippen LogP contribution in [0.2, 0.25) is 15.2 Å². The second-order valence-corrected chi connectivity index (χ2v) is 6.08. The van der Waals surface area contributed by atoms with Crippen LogP contribution < -0.4 is 20.9 Å². The van der Waals surface area contributed by atoms with Gasteiger partial charge >= 0.3 is 5.91 Å². The fraction of sp³-hybridized carbons (Fsp3) is 0.133. The van der Waals surface area contributed by atoms with Crippen molar-refractivity contribution >= 4 is 52.1 Å². The molecule has 0 unspecified atom stereocenters. The van der Waals surface area contributed by atoms with Crippen molar-refractivity contribution in [3.8, 4) is 5.75 Å². The second kappa shape index (κ2) is 6.84. The van der Waals surface area contributed by atoms with E-state index in [-0.39, 0.29) is 26.6 Å². The number of H-pyrrole nitrogens is 1. The van der Waals surface area contributed by atoms with Gasteiger partial charge in [-0.15, -0.1) is 0 Å². The van der Waals surface area contributed by atoms with Crippen LogP contribution in [-0.4, -0.2) is 18.2 Å². The number of hydrogen-bond acceptors (Lipinski definition) is 4. The summed E-state index contributed by atoms with van der Waals surface area (Å²) in [4.78, 5) is 14.9. The van der Waals surface area contributed by atoms with E-state index in [2.05, 4.69) is 15.5 Å². The van der Waals surface area contributed by atoms with Crippen molar-refractivity contribution in [3.05, 3.63) is 50.7 Å². The van der Waals surface area contributed by atoms with Crippen LogP contribution in [0.1, 0.15) is 22.5 Å². The van der Waals surface area contributed by atoms with Gasteiger partial charge in [-0.25, -0.2) is 5.43 Å². The molecule has 0 radical (unpaired) electrons. The lowest BCUT2D eigenvalue weighted by Crippen LogP contribution is -2.30. The Bertz CT molecular complexity index is 855. The predicted octanol–water partition coefficient (Wildman–Crippen LogP) is 2.96. The van der Waals surface area contributed by atoms with Crippen molar-refractivity contribution < 1.29 is 14.5 Å². The van der Waals surface area contributed by atoms with Crippen LogP contribution in [0.5, 0.6) is 5.75 Å². The molecule has 0 aliphatic carbocycles. The number of carbonyl (C=O) groups is 1. The second-order valence-electron chi connectivity index (χ2n) is 4.95. The summed E-state index contributed by atoms with van der Waals surface area (Å²) in [6.07, 6.45) is 0.568. The minimum Gasteiger partial charge on any atom is -0.492 e. The molecule has 0 bridgehead atoms. The van der Waals surface area contributed by atoms with Crippen molar-refractivity contribution in [3.63, 3.8) is 0 Å². The average Bonchev–Trinajstić information content (AvgIpc) is 2.60. The van der Waals surface area contributed by atoms with Gasteiger partial charge in [-0.1, -0.05) is 35.3 Å². The molecule has 1 aliphatic rings. The molecule has 124 valence electrons. The first-order chi connectivity index (χ1) is 11.5. The van der Waals surface area contributed by atoms with Crippen LogP contribution in [0.15, 0.2) is 29.4 Å². The third kappa shape index (κ3) is 3.13. The van der Waals surface area contributed by atoms with Crippen LogP contribution in [-0.2, 0) is 0 Å². The molecule has 0 atom stereocenters. The summed E-state index contributed by atoms with van der Waals surface area (Å²) in [5.74, 6) is 0.141. The number of aromatic nitrogens is 1. The Labute approximate surface area is 152 Å². The fourth-order valence-corrected chi connectivity index (χ4v) is 2.85. The number of pyridine rings is 1. The van der Waals surface area contributed by atoms with Gasteiger partial charge in [0, 0.05) is 12.0 Å². The molecule has 4 N–H and O–H groups in total. The molecule has 6 nitrogen and oxygen atoms in total. The Kier molecular flexibility index (Phi) is 4.80. The molecule has 2 aromatic rings. The zero-order valence-corrected chi connectivity index (χ0v) is 14.5. The number of fused-ring (bicyclic) bond motifs is 1. The number of nitrogens with one attached hydrogen (secondary N) is 2. The number of carbonyl (C=O) groups excluding carboxylic acids is 1. The summed E-state index contributed by atoms with van der Waals surface area (Å²) >= 11 is 17.8. The smallest absolute Gasteiger partial charge is 0.337 e. The molecule has 0 saturated carbocycles. The minimum absolute atomic E-state index is 0.0190. The normalized spacial score (nSPS) is 14.9. The first-order valence-electron chi connectivity index (χ1n) is 6.93. The van der Waals surface area contributed by atoms with Crippen LogP contribution in [0.4, 0.5) is 5.69 Å². The van der Waals surface area contributed by atoms with Gasteiger partial charge in [0.05, 0.1) is 18.0 Å². The van der Waals surface area contributed by atoms with Gasteiger partial charge in [0.2, 0.25) is 0 Å². The number of amides is 1. The number of hydrazone groups is 1. The molecule has 9 heteroatoms. The predicted molar refractivity (Wildman–Crippen MR) is 93.0 cm³/mol. The molecule has 1 aromatic heterocycles. The van der Waals surface area contributed by atoms with Crippen LogP contribution in [0.3, 0.4) is 0 Å². The highest BCUT2D eigenvalue weighted by molar-refractivity contribution is 6.45. The highest BCUT2D eigenvalue weighted by atomic mass is 35.5. The van der Waals surface area contributed by atoms with E-state index >= 15 is 0 Å². The lowest BCUT2D eigenvalue weighted by Gasteiger charge is -2.18. The van der Waals surface area contributed by atoms with Crippen molar-refractivity contribution in [1.29, 1.82) is 0 Å². The molecule has 1 aromatic carbocycles. The molecule has 1 aliphatic heterocycles. The molecule has 0 saturated heterocycles. The number of hydrogen-bond donors (Lipinski definition) is 2. The maximum atomic E-state index is 12.3. The van der Waals surface area contributed by atoms with E-state index in [9.17, 15) is 4.79 Å². The van der Waals surface area contributed by atoms with Gasteiger partial charge in [0.1, 0.15) is 15.8 Å². The molecule has 3 rings (SSSR count). The van der Waals surface area contributed by atoms with Crippen LogP contribution in [0.25, 0.3) is 0 Å². The summed E-state index contributed by atoms with van der Waals surface area (Å²) in [7, 11) is 0. The van der Waals surface area contributed by atoms with Gasteiger partial charge in [0.25, 0.3) is 10.8 Å². The zero-order chi connectivity index (χ0) is 17.3. The van der Waals surface area contributed by atoms with Crippen LogP contribution >= 0.6 is 34.8 Å². The van der Waals surface area contributed by atoms with Crippen molar-refractivity contribution in [2.75, 3.05) is 12.3 Å². The van der Waals surface area contributed by atoms with E-state index < -0.39 is 5.91 Å². The summed E-state index contributed by atoms with van der Waals surface area (Å²) in [5.41, 5.74) is 9.70. The average molecular weight is 387 g/mol. The van der Waals surface area contributed by atoms with E-state index in [1.165, 1.54) is 0 Å². The largest absolute Gasteiger partial charge is 0.492 e. The quantitative estimate of drug-likeness (QED) is 0.614. The first-order valence-corrected chi connectivity index (χ1v) is 8.06. The molecule has 2 heterocycles. The van der Waals surface area contributed by atoms with Crippen molar-refractivity contribution in [2.24, 2.45) is 5.10 Å². The number of nitrogens with zero attached hydrogens (tertiary/aromatic N) is 1. The van der Waals surface area contributed by atoms with E-state index in [4.69, 9.17) is 45.3 Å². The minimum atomic E-state index is -0.582. The number of nitrogens with two attached hydrogens (primary N) is 1. The lowest BCUT2D eigenvalue weighted by atomic mass is 10.0. The highest BCUT2D eigenvalue weighted by Gasteiger charge is 2.26. The number of benzene rings is 1. The standard InChI is InChI=1S/C15H11Cl3N4O2/c16-10-12(19)11(17)14(18)20-13(10)15(23)22-21-8-5-6-24-9-4-2-1-3-7(8)9/h1-4H,5-6H2,(H2,19,20)(H,22,23)/p+1/b21-8+.